The second-order valence-corrected chi connectivity index (χ2v) is 7.54. The zero-order chi connectivity index (χ0) is 19.7. The molecule has 0 saturated heterocycles. The first-order valence-electron chi connectivity index (χ1n) is 9.28. The summed E-state index contributed by atoms with van der Waals surface area (Å²) in [5.74, 6) is 0.248. The van der Waals surface area contributed by atoms with Crippen LogP contribution in [0.15, 0.2) is 48.5 Å². The fourth-order valence-corrected chi connectivity index (χ4v) is 3.43. The van der Waals surface area contributed by atoms with E-state index in [0.29, 0.717) is 16.2 Å². The van der Waals surface area contributed by atoms with Gasteiger partial charge in [0.2, 0.25) is 5.91 Å². The number of halogens is 1. The highest BCUT2D eigenvalue weighted by Gasteiger charge is 2.33. The van der Waals surface area contributed by atoms with Gasteiger partial charge in [0.05, 0.1) is 0 Å². The molecule has 0 aliphatic heterocycles. The normalized spacial score (nSPS) is 13.5. The van der Waals surface area contributed by atoms with Gasteiger partial charge in [-0.1, -0.05) is 48.0 Å². The lowest BCUT2D eigenvalue weighted by Gasteiger charge is -2.23. The van der Waals surface area contributed by atoms with Crippen molar-refractivity contribution in [1.29, 1.82) is 0 Å². The van der Waals surface area contributed by atoms with Crippen LogP contribution in [0.5, 0.6) is 0 Å². The van der Waals surface area contributed by atoms with Gasteiger partial charge in [-0.2, -0.15) is 5.10 Å². The number of benzene rings is 2. The number of nitrogens with zero attached hydrogens (tertiary/aromatic N) is 3. The van der Waals surface area contributed by atoms with Crippen molar-refractivity contribution in [1.82, 2.24) is 19.7 Å². The number of aromatic nitrogens is 3. The molecule has 1 N–H and O–H groups in total. The van der Waals surface area contributed by atoms with Crippen LogP contribution >= 0.6 is 12.2 Å². The molecule has 5 nitrogen and oxygen atoms in total. The monoisotopic (exact) mass is 396 g/mol. The topological polar surface area (TPSA) is 53.9 Å². The molecule has 1 aliphatic rings. The third kappa shape index (κ3) is 3.89. The van der Waals surface area contributed by atoms with Crippen LogP contribution in [0.3, 0.4) is 0 Å². The predicted molar refractivity (Wildman–Crippen MR) is 108 cm³/mol. The Labute approximate surface area is 167 Å². The van der Waals surface area contributed by atoms with Gasteiger partial charge in [0.25, 0.3) is 0 Å². The maximum atomic E-state index is 14.1. The van der Waals surface area contributed by atoms with E-state index in [-0.39, 0.29) is 30.9 Å². The van der Waals surface area contributed by atoms with Crippen LogP contribution in [-0.2, 0) is 17.9 Å². The number of carbonyl (C=O) groups is 1. The standard InChI is InChI=1S/C21H21FN4OS/c1-14-6-8-15(9-7-14)20-23-24-21(28)26(20)13-19(27)25(17-10-11-17)12-16-4-2-3-5-18(16)22/h2-9,17H,10-13H2,1H3,(H,24,28). The van der Waals surface area contributed by atoms with E-state index in [1.807, 2.05) is 31.2 Å². The average molecular weight is 396 g/mol. The van der Waals surface area contributed by atoms with E-state index < -0.39 is 0 Å². The molecule has 7 heteroatoms. The average Bonchev–Trinajstić information content (AvgIpc) is 3.46. The smallest absolute Gasteiger partial charge is 0.243 e. The van der Waals surface area contributed by atoms with Gasteiger partial charge >= 0.3 is 0 Å². The Morgan fingerprint density at radius 3 is 2.64 bits per heavy atom. The third-order valence-electron chi connectivity index (χ3n) is 4.97. The van der Waals surface area contributed by atoms with Crippen LogP contribution in [0, 0.1) is 17.5 Å². The van der Waals surface area contributed by atoms with Crippen LogP contribution in [0.2, 0.25) is 0 Å². The number of amides is 1. The van der Waals surface area contributed by atoms with E-state index in [2.05, 4.69) is 10.2 Å². The molecule has 0 unspecified atom stereocenters. The molecule has 0 bridgehead atoms. The minimum atomic E-state index is -0.291. The molecule has 1 fully saturated rings. The van der Waals surface area contributed by atoms with Gasteiger partial charge in [0, 0.05) is 23.7 Å². The molecule has 1 aliphatic carbocycles. The number of carbonyl (C=O) groups excluding carboxylic acids is 1. The molecular weight excluding hydrogens is 375 g/mol. The van der Waals surface area contributed by atoms with Gasteiger partial charge in [-0.15, -0.1) is 0 Å². The van der Waals surface area contributed by atoms with E-state index in [1.165, 1.54) is 6.07 Å². The Kier molecular flexibility index (Phi) is 5.09. The maximum Gasteiger partial charge on any atom is 0.243 e. The molecule has 0 atom stereocenters. The minimum Gasteiger partial charge on any atom is -0.334 e. The summed E-state index contributed by atoms with van der Waals surface area (Å²) in [6.07, 6.45) is 1.89. The molecule has 1 aromatic heterocycles. The van der Waals surface area contributed by atoms with Gasteiger partial charge in [0.15, 0.2) is 10.6 Å². The van der Waals surface area contributed by atoms with Crippen molar-refractivity contribution < 1.29 is 9.18 Å². The quantitative estimate of drug-likeness (QED) is 0.634. The van der Waals surface area contributed by atoms with Crippen molar-refractivity contribution >= 4 is 18.1 Å². The van der Waals surface area contributed by atoms with E-state index in [0.717, 1.165) is 24.0 Å². The lowest BCUT2D eigenvalue weighted by atomic mass is 10.1. The first-order chi connectivity index (χ1) is 13.5. The van der Waals surface area contributed by atoms with Gasteiger partial charge in [0.1, 0.15) is 12.4 Å². The zero-order valence-electron chi connectivity index (χ0n) is 15.6. The lowest BCUT2D eigenvalue weighted by Crippen LogP contribution is -2.35. The first kappa shape index (κ1) is 18.6. The molecular formula is C21H21FN4OS. The SMILES string of the molecule is Cc1ccc(-c2n[nH]c(=S)n2CC(=O)N(Cc2ccccc2F)C2CC2)cc1. The number of H-pyrrole nitrogens is 1. The largest absolute Gasteiger partial charge is 0.334 e. The minimum absolute atomic E-state index is 0.0729. The number of nitrogens with one attached hydrogen (secondary N) is 1. The van der Waals surface area contributed by atoms with Gasteiger partial charge in [-0.25, -0.2) is 4.39 Å². The fourth-order valence-electron chi connectivity index (χ4n) is 3.23. The molecule has 1 amide bonds. The summed E-state index contributed by atoms with van der Waals surface area (Å²) in [6, 6.07) is 14.7. The van der Waals surface area contributed by atoms with Gasteiger partial charge in [-0.3, -0.25) is 14.5 Å². The van der Waals surface area contributed by atoms with E-state index in [1.54, 1.807) is 27.7 Å². The van der Waals surface area contributed by atoms with Crippen molar-refractivity contribution in [3.05, 3.63) is 70.2 Å². The molecule has 1 saturated carbocycles. The second-order valence-electron chi connectivity index (χ2n) is 7.15. The summed E-state index contributed by atoms with van der Waals surface area (Å²) in [5.41, 5.74) is 2.56. The van der Waals surface area contributed by atoms with Crippen molar-refractivity contribution in [2.24, 2.45) is 0 Å². The number of aromatic amines is 1. The summed E-state index contributed by atoms with van der Waals surface area (Å²) in [6.45, 7) is 2.35. The molecule has 2 aromatic carbocycles. The van der Waals surface area contributed by atoms with Crippen LogP contribution in [0.4, 0.5) is 4.39 Å². The van der Waals surface area contributed by atoms with Gasteiger partial charge < -0.3 is 4.90 Å². The van der Waals surface area contributed by atoms with Crippen LogP contribution in [0.25, 0.3) is 11.4 Å². The Bertz CT molecular complexity index is 1050. The number of hydrogen-bond acceptors (Lipinski definition) is 3. The lowest BCUT2D eigenvalue weighted by molar-refractivity contribution is -0.133. The molecule has 28 heavy (non-hydrogen) atoms. The Morgan fingerprint density at radius 2 is 1.96 bits per heavy atom. The van der Waals surface area contributed by atoms with Crippen LogP contribution in [-0.4, -0.2) is 31.6 Å². The highest BCUT2D eigenvalue weighted by Crippen LogP contribution is 2.29. The number of rotatable bonds is 6. The zero-order valence-corrected chi connectivity index (χ0v) is 16.4. The van der Waals surface area contributed by atoms with Crippen molar-refractivity contribution in [3.63, 3.8) is 0 Å². The van der Waals surface area contributed by atoms with Crippen LogP contribution < -0.4 is 0 Å². The number of aryl methyl sites for hydroxylation is 1. The molecule has 0 radical (unpaired) electrons. The molecule has 0 spiro atoms. The van der Waals surface area contributed by atoms with E-state index in [9.17, 15) is 9.18 Å². The molecule has 4 rings (SSSR count). The summed E-state index contributed by atoms with van der Waals surface area (Å²) in [7, 11) is 0. The third-order valence-corrected chi connectivity index (χ3v) is 5.28. The first-order valence-corrected chi connectivity index (χ1v) is 9.69. The Balaban J connectivity index is 1.59. The highest BCUT2D eigenvalue weighted by molar-refractivity contribution is 7.71. The van der Waals surface area contributed by atoms with Crippen molar-refractivity contribution in [2.45, 2.75) is 38.9 Å². The van der Waals surface area contributed by atoms with E-state index in [4.69, 9.17) is 12.2 Å². The van der Waals surface area contributed by atoms with E-state index >= 15 is 0 Å². The van der Waals surface area contributed by atoms with Crippen LogP contribution in [0.1, 0.15) is 24.0 Å². The Hall–Kier alpha value is -2.80. The molecule has 144 valence electrons. The predicted octanol–water partition coefficient (Wildman–Crippen LogP) is 4.25. The van der Waals surface area contributed by atoms with Crippen molar-refractivity contribution in [2.75, 3.05) is 0 Å². The fraction of sp³-hybridized carbons (Fsp3) is 0.286. The molecule has 3 aromatic rings. The summed E-state index contributed by atoms with van der Waals surface area (Å²) in [5, 5.41) is 7.09. The van der Waals surface area contributed by atoms with Crippen molar-refractivity contribution in [3.8, 4) is 11.4 Å². The number of hydrogen-bond donors (Lipinski definition) is 1. The Morgan fingerprint density at radius 1 is 1.25 bits per heavy atom. The molecule has 1 heterocycles. The second kappa shape index (κ2) is 7.67. The summed E-state index contributed by atoms with van der Waals surface area (Å²) >= 11 is 5.35. The van der Waals surface area contributed by atoms with Gasteiger partial charge in [-0.05, 0) is 38.0 Å². The summed E-state index contributed by atoms with van der Waals surface area (Å²) < 4.78 is 16.2. The maximum absolute atomic E-state index is 14.1. The summed E-state index contributed by atoms with van der Waals surface area (Å²) in [4.78, 5) is 14.8. The highest BCUT2D eigenvalue weighted by atomic mass is 32.1.